The number of methoxy groups -OCH3 is 1. The van der Waals surface area contributed by atoms with Gasteiger partial charge in [-0.3, -0.25) is 0 Å². The molecule has 2 bridgehead atoms. The summed E-state index contributed by atoms with van der Waals surface area (Å²) >= 11 is 0. The first-order chi connectivity index (χ1) is 7.47. The molecule has 7 heteroatoms. The van der Waals surface area contributed by atoms with Gasteiger partial charge in [-0.25, -0.2) is 4.79 Å². The highest BCUT2D eigenvalue weighted by molar-refractivity contribution is 7.91. The van der Waals surface area contributed by atoms with Crippen molar-refractivity contribution in [3.8, 4) is 0 Å². The van der Waals surface area contributed by atoms with Crippen molar-refractivity contribution < 1.29 is 26.9 Å². The first-order valence-corrected chi connectivity index (χ1v) is 6.06. The summed E-state index contributed by atoms with van der Waals surface area (Å²) in [5, 5.41) is 0. The summed E-state index contributed by atoms with van der Waals surface area (Å²) in [6.07, 6.45) is -0.593. The smallest absolute Gasteiger partial charge is 0.343 e. The summed E-state index contributed by atoms with van der Waals surface area (Å²) in [6, 6.07) is 0. The lowest BCUT2D eigenvalue weighted by atomic mass is 9.93. The highest BCUT2D eigenvalue weighted by Gasteiger charge is 2.59. The summed E-state index contributed by atoms with van der Waals surface area (Å²) < 4.78 is 38.0. The van der Waals surface area contributed by atoms with Crippen molar-refractivity contribution in [2.24, 2.45) is 5.92 Å². The van der Waals surface area contributed by atoms with Crippen molar-refractivity contribution in [1.29, 1.82) is 0 Å². The fourth-order valence-corrected chi connectivity index (χ4v) is 3.59. The lowest BCUT2D eigenvalue weighted by Crippen LogP contribution is -2.23. The van der Waals surface area contributed by atoms with Crippen LogP contribution >= 0.6 is 0 Å². The van der Waals surface area contributed by atoms with Crippen molar-refractivity contribution in [3.63, 3.8) is 0 Å². The van der Waals surface area contributed by atoms with Crippen molar-refractivity contribution in [1.82, 2.24) is 0 Å². The van der Waals surface area contributed by atoms with Gasteiger partial charge in [-0.1, -0.05) is 6.92 Å². The Morgan fingerprint density at radius 3 is 2.75 bits per heavy atom. The molecule has 3 aliphatic heterocycles. The molecule has 3 heterocycles. The lowest BCUT2D eigenvalue weighted by Gasteiger charge is -2.13. The minimum atomic E-state index is -3.89. The number of carbonyl (C=O) groups excluding carboxylic acids is 1. The second kappa shape index (κ2) is 2.60. The molecule has 0 saturated carbocycles. The summed E-state index contributed by atoms with van der Waals surface area (Å²) in [4.78, 5) is 11.4. The molecular weight excluding hydrogens is 236 g/mol. The van der Waals surface area contributed by atoms with E-state index in [1.54, 1.807) is 6.92 Å². The molecule has 0 saturated heterocycles. The molecule has 86 valence electrons. The monoisotopic (exact) mass is 244 g/mol. The number of esters is 1. The van der Waals surface area contributed by atoms with Crippen molar-refractivity contribution >= 4 is 16.1 Å². The summed E-state index contributed by atoms with van der Waals surface area (Å²) in [5.41, 5.74) is 0.0475. The van der Waals surface area contributed by atoms with E-state index in [4.69, 9.17) is 8.92 Å². The lowest BCUT2D eigenvalue weighted by molar-refractivity contribution is -0.137. The van der Waals surface area contributed by atoms with E-state index in [2.05, 4.69) is 4.74 Å². The quantitative estimate of drug-likeness (QED) is 0.478. The average molecular weight is 244 g/mol. The maximum absolute atomic E-state index is 11.6. The first kappa shape index (κ1) is 9.71. The van der Waals surface area contributed by atoms with Crippen LogP contribution in [0.25, 0.3) is 0 Å². The van der Waals surface area contributed by atoms with E-state index in [1.807, 2.05) is 0 Å². The van der Waals surface area contributed by atoms with Gasteiger partial charge < -0.3 is 13.7 Å². The maximum atomic E-state index is 11.6. The molecule has 0 amide bonds. The standard InChI is InChI=1S/C9H8O6S/c1-3-5-4(9(10)13-2)8-7(14-5)6(3)15-16(8,11)12/h3,5H,1-2H3/t3?,5-/m0/s1. The second-order valence-electron chi connectivity index (χ2n) is 3.79. The van der Waals surface area contributed by atoms with Crippen LogP contribution in [0.1, 0.15) is 6.92 Å². The van der Waals surface area contributed by atoms with E-state index < -0.39 is 22.2 Å². The average Bonchev–Trinajstić information content (AvgIpc) is 2.80. The van der Waals surface area contributed by atoms with Gasteiger partial charge in [0, 0.05) is 0 Å². The molecule has 16 heavy (non-hydrogen) atoms. The highest BCUT2D eigenvalue weighted by Crippen LogP contribution is 2.54. The van der Waals surface area contributed by atoms with E-state index >= 15 is 0 Å². The molecule has 0 aliphatic carbocycles. The van der Waals surface area contributed by atoms with Crippen LogP contribution in [0, 0.1) is 5.92 Å². The zero-order valence-corrected chi connectivity index (χ0v) is 9.33. The number of hydrogen-bond donors (Lipinski definition) is 0. The third-order valence-electron chi connectivity index (χ3n) is 2.93. The van der Waals surface area contributed by atoms with Gasteiger partial charge in [0.15, 0.2) is 16.4 Å². The Bertz CT molecular complexity index is 567. The van der Waals surface area contributed by atoms with Gasteiger partial charge in [0.05, 0.1) is 13.0 Å². The van der Waals surface area contributed by atoms with Crippen LogP contribution in [-0.4, -0.2) is 27.6 Å². The second-order valence-corrected chi connectivity index (χ2v) is 5.28. The third kappa shape index (κ3) is 0.874. The Balaban J connectivity index is 2.28. The number of rotatable bonds is 1. The molecule has 0 aromatic heterocycles. The van der Waals surface area contributed by atoms with E-state index in [0.29, 0.717) is 5.76 Å². The topological polar surface area (TPSA) is 78.9 Å². The molecule has 0 radical (unpaired) electrons. The van der Waals surface area contributed by atoms with Gasteiger partial charge in [0.25, 0.3) is 0 Å². The maximum Gasteiger partial charge on any atom is 0.343 e. The molecule has 3 aliphatic rings. The normalized spacial score (nSPS) is 32.9. The van der Waals surface area contributed by atoms with Gasteiger partial charge in [-0.05, 0) is 0 Å². The number of hydrogen-bond acceptors (Lipinski definition) is 6. The largest absolute Gasteiger partial charge is 0.479 e. The van der Waals surface area contributed by atoms with E-state index in [0.717, 1.165) is 0 Å². The minimum absolute atomic E-state index is 0.0475. The molecule has 0 aromatic carbocycles. The Kier molecular flexibility index (Phi) is 1.58. The van der Waals surface area contributed by atoms with E-state index in [1.165, 1.54) is 7.11 Å². The molecule has 0 spiro atoms. The Labute approximate surface area is 91.6 Å². The van der Waals surface area contributed by atoms with Gasteiger partial charge in [0.2, 0.25) is 0 Å². The number of fused-ring (bicyclic) bond motifs is 1. The molecule has 6 nitrogen and oxygen atoms in total. The van der Waals surface area contributed by atoms with Crippen LogP contribution in [0.4, 0.5) is 0 Å². The molecule has 0 fully saturated rings. The Morgan fingerprint density at radius 2 is 2.12 bits per heavy atom. The van der Waals surface area contributed by atoms with Gasteiger partial charge in [-0.2, -0.15) is 8.42 Å². The summed E-state index contributed by atoms with van der Waals surface area (Å²) in [5.74, 6) is -0.481. The fourth-order valence-electron chi connectivity index (χ4n) is 2.20. The molecule has 2 atom stereocenters. The van der Waals surface area contributed by atoms with Crippen molar-refractivity contribution in [2.45, 2.75) is 13.0 Å². The van der Waals surface area contributed by atoms with Gasteiger partial charge >= 0.3 is 16.1 Å². The predicted octanol–water partition coefficient (Wildman–Crippen LogP) is 0.0336. The molecule has 3 rings (SSSR count). The van der Waals surface area contributed by atoms with Crippen molar-refractivity contribution in [3.05, 3.63) is 22.0 Å². The zero-order valence-electron chi connectivity index (χ0n) is 8.51. The number of ether oxygens (including phenoxy) is 2. The predicted molar refractivity (Wildman–Crippen MR) is 50.1 cm³/mol. The molecule has 0 N–H and O–H groups in total. The summed E-state index contributed by atoms with van der Waals surface area (Å²) in [6.45, 7) is 1.74. The van der Waals surface area contributed by atoms with Gasteiger partial charge in [0.1, 0.15) is 11.7 Å². The number of carbonyl (C=O) groups is 1. The molecule has 1 unspecified atom stereocenters. The van der Waals surface area contributed by atoms with Crippen LogP contribution in [0.3, 0.4) is 0 Å². The van der Waals surface area contributed by atoms with E-state index in [-0.39, 0.29) is 22.2 Å². The van der Waals surface area contributed by atoms with Crippen LogP contribution in [0.15, 0.2) is 22.0 Å². The Hall–Kier alpha value is -1.50. The highest BCUT2D eigenvalue weighted by atomic mass is 32.2. The van der Waals surface area contributed by atoms with Crippen LogP contribution in [-0.2, 0) is 28.6 Å². The van der Waals surface area contributed by atoms with Crippen LogP contribution in [0.5, 0.6) is 0 Å². The SMILES string of the molecule is COC(=O)C1=C2C3=C(OS2(=O)=O)C(C)[C@@H]1O3. The molecule has 0 aromatic rings. The minimum Gasteiger partial charge on any atom is -0.479 e. The van der Waals surface area contributed by atoms with Crippen LogP contribution < -0.4 is 0 Å². The van der Waals surface area contributed by atoms with Crippen LogP contribution in [0.2, 0.25) is 0 Å². The van der Waals surface area contributed by atoms with Crippen molar-refractivity contribution in [2.75, 3.05) is 7.11 Å². The summed E-state index contributed by atoms with van der Waals surface area (Å²) in [7, 11) is -2.69. The Morgan fingerprint density at radius 1 is 1.44 bits per heavy atom. The zero-order chi connectivity index (χ0) is 11.7. The first-order valence-electron chi connectivity index (χ1n) is 4.65. The molecular formula is C9H8O6S. The van der Waals surface area contributed by atoms with Gasteiger partial charge in [-0.15, -0.1) is 0 Å². The third-order valence-corrected chi connectivity index (χ3v) is 4.23. The van der Waals surface area contributed by atoms with E-state index in [9.17, 15) is 13.2 Å². The fraction of sp³-hybridized carbons (Fsp3) is 0.444.